The zero-order valence-electron chi connectivity index (χ0n) is 14.9. The van der Waals surface area contributed by atoms with Gasteiger partial charge in [0.15, 0.2) is 5.96 Å². The quantitative estimate of drug-likeness (QED) is 0.431. The normalized spacial score (nSPS) is 17.8. The third-order valence-corrected chi connectivity index (χ3v) is 3.98. The van der Waals surface area contributed by atoms with Crippen molar-refractivity contribution in [3.63, 3.8) is 0 Å². The van der Waals surface area contributed by atoms with Gasteiger partial charge >= 0.3 is 0 Å². The van der Waals surface area contributed by atoms with Gasteiger partial charge in [-0.25, -0.2) is 0 Å². The van der Waals surface area contributed by atoms with Gasteiger partial charge in [0, 0.05) is 32.3 Å². The summed E-state index contributed by atoms with van der Waals surface area (Å²) in [5.74, 6) is 1.64. The van der Waals surface area contributed by atoms with Crippen LogP contribution in [0.5, 0.6) is 5.75 Å². The first-order valence-corrected chi connectivity index (χ1v) is 8.50. The maximum atomic E-state index is 5.63. The molecule has 1 heterocycles. The van der Waals surface area contributed by atoms with E-state index in [1.807, 2.05) is 6.07 Å². The first kappa shape index (κ1) is 18.5. The summed E-state index contributed by atoms with van der Waals surface area (Å²) >= 11 is 0. The van der Waals surface area contributed by atoms with E-state index in [9.17, 15) is 0 Å². The number of guanidine groups is 1. The molecule has 0 saturated carbocycles. The maximum Gasteiger partial charge on any atom is 0.191 e. The molecule has 6 heteroatoms. The molecule has 0 bridgehead atoms. The van der Waals surface area contributed by atoms with Gasteiger partial charge in [-0.3, -0.25) is 4.99 Å². The van der Waals surface area contributed by atoms with E-state index in [1.165, 1.54) is 5.56 Å². The fraction of sp³-hybridized carbons (Fsp3) is 0.611. The molecule has 2 rings (SSSR count). The van der Waals surface area contributed by atoms with Gasteiger partial charge < -0.3 is 24.8 Å². The van der Waals surface area contributed by atoms with Crippen molar-refractivity contribution in [2.24, 2.45) is 4.99 Å². The van der Waals surface area contributed by atoms with Gasteiger partial charge in [-0.15, -0.1) is 0 Å². The Balaban J connectivity index is 1.66. The van der Waals surface area contributed by atoms with E-state index in [0.29, 0.717) is 26.3 Å². The monoisotopic (exact) mass is 335 g/mol. The van der Waals surface area contributed by atoms with Crippen LogP contribution < -0.4 is 15.4 Å². The van der Waals surface area contributed by atoms with Crippen LogP contribution in [0.1, 0.15) is 24.0 Å². The average Bonchev–Trinajstić information content (AvgIpc) is 3.11. The molecule has 1 fully saturated rings. The van der Waals surface area contributed by atoms with Gasteiger partial charge in [0.05, 0.1) is 26.4 Å². The predicted octanol–water partition coefficient (Wildman–Crippen LogP) is 1.86. The Hall–Kier alpha value is -1.79. The van der Waals surface area contributed by atoms with Gasteiger partial charge in [0.2, 0.25) is 0 Å². The largest absolute Gasteiger partial charge is 0.496 e. The summed E-state index contributed by atoms with van der Waals surface area (Å²) in [6.45, 7) is 5.59. The second kappa shape index (κ2) is 10.2. The molecule has 1 atom stereocenters. The molecule has 1 aromatic rings. The van der Waals surface area contributed by atoms with Crippen molar-refractivity contribution in [3.05, 3.63) is 29.3 Å². The summed E-state index contributed by atoms with van der Waals surface area (Å²) in [5, 5.41) is 6.54. The lowest BCUT2D eigenvalue weighted by Gasteiger charge is -2.15. The first-order chi connectivity index (χ1) is 11.7. The third kappa shape index (κ3) is 6.02. The van der Waals surface area contributed by atoms with E-state index in [1.54, 1.807) is 14.2 Å². The van der Waals surface area contributed by atoms with E-state index in [2.05, 4.69) is 34.7 Å². The SMILES string of the molecule is CN=C(NCCOCC1CCCO1)NCc1ccc(C)cc1OC. The molecule has 0 spiro atoms. The Morgan fingerprint density at radius 2 is 2.25 bits per heavy atom. The van der Waals surface area contributed by atoms with Crippen LogP contribution in [0.15, 0.2) is 23.2 Å². The molecule has 0 aromatic heterocycles. The third-order valence-electron chi connectivity index (χ3n) is 3.98. The molecular formula is C18H29N3O3. The number of rotatable bonds is 8. The van der Waals surface area contributed by atoms with Gasteiger partial charge in [0.1, 0.15) is 5.75 Å². The van der Waals surface area contributed by atoms with E-state index >= 15 is 0 Å². The number of nitrogens with one attached hydrogen (secondary N) is 2. The first-order valence-electron chi connectivity index (χ1n) is 8.50. The molecule has 134 valence electrons. The summed E-state index contributed by atoms with van der Waals surface area (Å²) in [6.07, 6.45) is 2.52. The molecule has 1 aliphatic rings. The minimum atomic E-state index is 0.274. The molecule has 1 unspecified atom stereocenters. The van der Waals surface area contributed by atoms with E-state index in [0.717, 1.165) is 36.7 Å². The number of aryl methyl sites for hydroxylation is 1. The van der Waals surface area contributed by atoms with Crippen molar-refractivity contribution in [2.45, 2.75) is 32.4 Å². The lowest BCUT2D eigenvalue weighted by Crippen LogP contribution is -2.38. The maximum absolute atomic E-state index is 5.63. The molecule has 1 aliphatic heterocycles. The van der Waals surface area contributed by atoms with Crippen LogP contribution in [0.3, 0.4) is 0 Å². The Bertz CT molecular complexity index is 528. The van der Waals surface area contributed by atoms with E-state index in [4.69, 9.17) is 14.2 Å². The summed E-state index contributed by atoms with van der Waals surface area (Å²) in [4.78, 5) is 4.22. The Morgan fingerprint density at radius 1 is 1.38 bits per heavy atom. The summed E-state index contributed by atoms with van der Waals surface area (Å²) in [6, 6.07) is 6.18. The highest BCUT2D eigenvalue weighted by Crippen LogP contribution is 2.19. The average molecular weight is 335 g/mol. The fourth-order valence-corrected chi connectivity index (χ4v) is 2.63. The van der Waals surface area contributed by atoms with Crippen LogP contribution in [0.25, 0.3) is 0 Å². The zero-order valence-corrected chi connectivity index (χ0v) is 14.9. The van der Waals surface area contributed by atoms with E-state index in [-0.39, 0.29) is 6.10 Å². The van der Waals surface area contributed by atoms with Crippen LogP contribution in [-0.4, -0.2) is 52.6 Å². The van der Waals surface area contributed by atoms with E-state index < -0.39 is 0 Å². The van der Waals surface area contributed by atoms with Crippen molar-refractivity contribution in [2.75, 3.05) is 40.5 Å². The number of hydrogen-bond acceptors (Lipinski definition) is 4. The molecule has 0 aliphatic carbocycles. The Labute approximate surface area is 144 Å². The lowest BCUT2D eigenvalue weighted by atomic mass is 10.1. The second-order valence-electron chi connectivity index (χ2n) is 5.88. The smallest absolute Gasteiger partial charge is 0.191 e. The van der Waals surface area contributed by atoms with Gasteiger partial charge in [-0.1, -0.05) is 12.1 Å². The lowest BCUT2D eigenvalue weighted by molar-refractivity contribution is 0.0191. The Morgan fingerprint density at radius 3 is 2.96 bits per heavy atom. The molecule has 0 radical (unpaired) electrons. The highest BCUT2D eigenvalue weighted by molar-refractivity contribution is 5.79. The molecule has 6 nitrogen and oxygen atoms in total. The van der Waals surface area contributed by atoms with Crippen LogP contribution >= 0.6 is 0 Å². The van der Waals surface area contributed by atoms with Crippen molar-refractivity contribution in [1.82, 2.24) is 10.6 Å². The predicted molar refractivity (Wildman–Crippen MR) is 95.7 cm³/mol. The van der Waals surface area contributed by atoms with Crippen LogP contribution in [0, 0.1) is 6.92 Å². The van der Waals surface area contributed by atoms with Gasteiger partial charge in [0.25, 0.3) is 0 Å². The highest BCUT2D eigenvalue weighted by Gasteiger charge is 2.14. The van der Waals surface area contributed by atoms with Gasteiger partial charge in [-0.2, -0.15) is 0 Å². The van der Waals surface area contributed by atoms with Crippen molar-refractivity contribution < 1.29 is 14.2 Å². The number of methoxy groups -OCH3 is 1. The van der Waals surface area contributed by atoms with Crippen molar-refractivity contribution in [1.29, 1.82) is 0 Å². The molecule has 1 aromatic carbocycles. The summed E-state index contributed by atoms with van der Waals surface area (Å²) < 4.78 is 16.6. The Kier molecular flexibility index (Phi) is 7.85. The van der Waals surface area contributed by atoms with Crippen LogP contribution in [-0.2, 0) is 16.0 Å². The van der Waals surface area contributed by atoms with Gasteiger partial charge in [-0.05, 0) is 31.4 Å². The van der Waals surface area contributed by atoms with Crippen LogP contribution in [0.4, 0.5) is 0 Å². The number of ether oxygens (including phenoxy) is 3. The molecule has 24 heavy (non-hydrogen) atoms. The minimum Gasteiger partial charge on any atom is -0.496 e. The second-order valence-corrected chi connectivity index (χ2v) is 5.88. The molecule has 0 amide bonds. The summed E-state index contributed by atoms with van der Waals surface area (Å²) in [5.41, 5.74) is 2.28. The van der Waals surface area contributed by atoms with Crippen molar-refractivity contribution >= 4 is 5.96 Å². The molecule has 2 N–H and O–H groups in total. The zero-order chi connectivity index (χ0) is 17.2. The number of hydrogen-bond donors (Lipinski definition) is 2. The standard InChI is InChI=1S/C18H29N3O3/c1-14-6-7-15(17(11-14)22-3)12-21-18(19-2)20-8-10-23-13-16-5-4-9-24-16/h6-7,11,16H,4-5,8-10,12-13H2,1-3H3,(H2,19,20,21). The van der Waals surface area contributed by atoms with Crippen molar-refractivity contribution in [3.8, 4) is 5.75 Å². The molecular weight excluding hydrogens is 306 g/mol. The number of benzene rings is 1. The van der Waals surface area contributed by atoms with Crippen LogP contribution in [0.2, 0.25) is 0 Å². The number of nitrogens with zero attached hydrogens (tertiary/aromatic N) is 1. The minimum absolute atomic E-state index is 0.274. The number of aliphatic imine (C=N–C) groups is 1. The fourth-order valence-electron chi connectivity index (χ4n) is 2.63. The topological polar surface area (TPSA) is 64.1 Å². The summed E-state index contributed by atoms with van der Waals surface area (Å²) in [7, 11) is 3.45. The molecule has 1 saturated heterocycles. The highest BCUT2D eigenvalue weighted by atomic mass is 16.5.